The minimum absolute atomic E-state index is 0.179. The lowest BCUT2D eigenvalue weighted by atomic mass is 9.85. The van der Waals surface area contributed by atoms with Gasteiger partial charge in [0.25, 0.3) is 0 Å². The molecule has 1 aromatic carbocycles. The van der Waals surface area contributed by atoms with E-state index in [1.807, 2.05) is 32.9 Å². The summed E-state index contributed by atoms with van der Waals surface area (Å²) in [6.07, 6.45) is -0.776. The summed E-state index contributed by atoms with van der Waals surface area (Å²) in [5.74, 6) is -0.194. The van der Waals surface area contributed by atoms with Gasteiger partial charge in [0.1, 0.15) is 6.10 Å². The number of Topliss-reactive ketones (excluding diaryl/α,β-unsaturated/α-hetero) is 1. The van der Waals surface area contributed by atoms with Gasteiger partial charge >= 0.3 is 0 Å². The zero-order valence-corrected chi connectivity index (χ0v) is 10.6. The summed E-state index contributed by atoms with van der Waals surface area (Å²) >= 11 is 5.95. The molecule has 1 unspecified atom stereocenters. The molecule has 0 fully saturated rings. The fourth-order valence-electron chi connectivity index (χ4n) is 1.41. The van der Waals surface area contributed by atoms with Crippen LogP contribution in [0.1, 0.15) is 26.3 Å². The van der Waals surface area contributed by atoms with E-state index >= 15 is 0 Å². The summed E-state index contributed by atoms with van der Waals surface area (Å²) in [6, 6.07) is 7.19. The van der Waals surface area contributed by atoms with Crippen LogP contribution in [0, 0.1) is 5.41 Å². The third kappa shape index (κ3) is 3.32. The standard InChI is InChI=1S/C13H17ClO2/c1-13(2,3)12(16)11(15)8-9-6-4-5-7-10(9)14/h4-7,12,16H,8H2,1-3H3. The van der Waals surface area contributed by atoms with Crippen LogP contribution in [0.4, 0.5) is 0 Å². The Bertz CT molecular complexity index is 380. The van der Waals surface area contributed by atoms with E-state index in [1.165, 1.54) is 0 Å². The lowest BCUT2D eigenvalue weighted by Crippen LogP contribution is -2.35. The molecule has 1 rings (SSSR count). The van der Waals surface area contributed by atoms with Crippen LogP contribution in [0.25, 0.3) is 0 Å². The average Bonchev–Trinajstić information content (AvgIpc) is 2.19. The van der Waals surface area contributed by atoms with Gasteiger partial charge in [0.05, 0.1) is 0 Å². The Labute approximate surface area is 101 Å². The Morgan fingerprint density at radius 3 is 2.44 bits per heavy atom. The molecule has 0 aliphatic rings. The maximum atomic E-state index is 11.8. The Morgan fingerprint density at radius 2 is 1.94 bits per heavy atom. The molecule has 1 N–H and O–H groups in total. The molecule has 1 aromatic rings. The molecule has 0 aromatic heterocycles. The molecule has 0 saturated carbocycles. The molecule has 0 saturated heterocycles. The topological polar surface area (TPSA) is 37.3 Å². The molecule has 1 atom stereocenters. The molecule has 16 heavy (non-hydrogen) atoms. The number of aliphatic hydroxyl groups is 1. The van der Waals surface area contributed by atoms with Crippen LogP contribution in [0.2, 0.25) is 5.02 Å². The van der Waals surface area contributed by atoms with Crippen LogP contribution in [-0.4, -0.2) is 17.0 Å². The van der Waals surface area contributed by atoms with Gasteiger partial charge in [-0.25, -0.2) is 0 Å². The zero-order chi connectivity index (χ0) is 12.3. The SMILES string of the molecule is CC(C)(C)C(O)C(=O)Cc1ccccc1Cl. The molecule has 2 nitrogen and oxygen atoms in total. The van der Waals surface area contributed by atoms with Crippen molar-refractivity contribution < 1.29 is 9.90 Å². The van der Waals surface area contributed by atoms with Crippen LogP contribution in [0.15, 0.2) is 24.3 Å². The van der Waals surface area contributed by atoms with Crippen molar-refractivity contribution in [2.24, 2.45) is 5.41 Å². The molecule has 3 heteroatoms. The van der Waals surface area contributed by atoms with Crippen LogP contribution in [0.5, 0.6) is 0 Å². The highest BCUT2D eigenvalue weighted by atomic mass is 35.5. The van der Waals surface area contributed by atoms with E-state index in [0.29, 0.717) is 5.02 Å². The van der Waals surface area contributed by atoms with Crippen molar-refractivity contribution in [1.82, 2.24) is 0 Å². The highest BCUT2D eigenvalue weighted by Gasteiger charge is 2.28. The first kappa shape index (κ1) is 13.2. The summed E-state index contributed by atoms with van der Waals surface area (Å²) < 4.78 is 0. The summed E-state index contributed by atoms with van der Waals surface area (Å²) in [5, 5.41) is 10.4. The molecular formula is C13H17ClO2. The van der Waals surface area contributed by atoms with Crippen LogP contribution in [-0.2, 0) is 11.2 Å². The Balaban J connectivity index is 2.76. The smallest absolute Gasteiger partial charge is 0.166 e. The van der Waals surface area contributed by atoms with Crippen molar-refractivity contribution in [3.63, 3.8) is 0 Å². The number of hydrogen-bond acceptors (Lipinski definition) is 2. The molecule has 88 valence electrons. The number of ketones is 1. The second-order valence-electron chi connectivity index (χ2n) is 5.00. The summed E-state index contributed by atoms with van der Waals surface area (Å²) in [6.45, 7) is 5.51. The number of benzene rings is 1. The largest absolute Gasteiger partial charge is 0.385 e. The fraction of sp³-hybridized carbons (Fsp3) is 0.462. The van der Waals surface area contributed by atoms with E-state index in [1.54, 1.807) is 12.1 Å². The number of carbonyl (C=O) groups is 1. The van der Waals surface area contributed by atoms with Gasteiger partial charge in [0.15, 0.2) is 5.78 Å². The highest BCUT2D eigenvalue weighted by Crippen LogP contribution is 2.22. The molecule has 0 amide bonds. The Kier molecular flexibility index (Phi) is 4.11. The second-order valence-corrected chi connectivity index (χ2v) is 5.41. The first-order valence-electron chi connectivity index (χ1n) is 5.26. The molecule has 0 aliphatic carbocycles. The van der Waals surface area contributed by atoms with E-state index < -0.39 is 11.5 Å². The monoisotopic (exact) mass is 240 g/mol. The van der Waals surface area contributed by atoms with Gasteiger partial charge in [-0.2, -0.15) is 0 Å². The van der Waals surface area contributed by atoms with Gasteiger partial charge in [0.2, 0.25) is 0 Å². The van der Waals surface area contributed by atoms with Gasteiger partial charge in [-0.1, -0.05) is 50.6 Å². The molecule has 0 radical (unpaired) electrons. The highest BCUT2D eigenvalue weighted by molar-refractivity contribution is 6.31. The first-order chi connectivity index (χ1) is 7.32. The van der Waals surface area contributed by atoms with Crippen molar-refractivity contribution in [3.8, 4) is 0 Å². The molecule has 0 spiro atoms. The van der Waals surface area contributed by atoms with Crippen LogP contribution >= 0.6 is 11.6 Å². The normalized spacial score (nSPS) is 13.6. The molecule has 0 bridgehead atoms. The summed E-state index contributed by atoms with van der Waals surface area (Å²) in [5.41, 5.74) is 0.329. The van der Waals surface area contributed by atoms with Crippen molar-refractivity contribution in [1.29, 1.82) is 0 Å². The number of halogens is 1. The number of rotatable bonds is 3. The maximum absolute atomic E-state index is 11.8. The van der Waals surface area contributed by atoms with Gasteiger partial charge < -0.3 is 5.11 Å². The lowest BCUT2D eigenvalue weighted by molar-refractivity contribution is -0.131. The van der Waals surface area contributed by atoms with Gasteiger partial charge in [-0.15, -0.1) is 0 Å². The quantitative estimate of drug-likeness (QED) is 0.882. The molecule has 0 aliphatic heterocycles. The third-order valence-corrected chi connectivity index (χ3v) is 2.82. The van der Waals surface area contributed by atoms with Crippen molar-refractivity contribution in [3.05, 3.63) is 34.9 Å². The van der Waals surface area contributed by atoms with Gasteiger partial charge in [0, 0.05) is 11.4 Å². The molecular weight excluding hydrogens is 224 g/mol. The van der Waals surface area contributed by atoms with Crippen molar-refractivity contribution in [2.75, 3.05) is 0 Å². The molecule has 0 heterocycles. The van der Waals surface area contributed by atoms with Crippen molar-refractivity contribution in [2.45, 2.75) is 33.3 Å². The van der Waals surface area contributed by atoms with Crippen molar-refractivity contribution >= 4 is 17.4 Å². The minimum Gasteiger partial charge on any atom is -0.385 e. The first-order valence-corrected chi connectivity index (χ1v) is 5.64. The third-order valence-electron chi connectivity index (χ3n) is 2.45. The van der Waals surface area contributed by atoms with Gasteiger partial charge in [-0.05, 0) is 17.0 Å². The fourth-order valence-corrected chi connectivity index (χ4v) is 1.61. The number of hydrogen-bond donors (Lipinski definition) is 1. The van der Waals surface area contributed by atoms with E-state index in [9.17, 15) is 9.90 Å². The maximum Gasteiger partial charge on any atom is 0.166 e. The van der Waals surface area contributed by atoms with E-state index in [-0.39, 0.29) is 12.2 Å². The number of aliphatic hydroxyl groups excluding tert-OH is 1. The zero-order valence-electron chi connectivity index (χ0n) is 9.83. The van der Waals surface area contributed by atoms with Gasteiger partial charge in [-0.3, -0.25) is 4.79 Å². The Hall–Kier alpha value is -0.860. The predicted molar refractivity (Wildman–Crippen MR) is 65.6 cm³/mol. The summed E-state index contributed by atoms with van der Waals surface area (Å²) in [7, 11) is 0. The Morgan fingerprint density at radius 1 is 1.38 bits per heavy atom. The average molecular weight is 241 g/mol. The minimum atomic E-state index is -0.955. The van der Waals surface area contributed by atoms with Crippen LogP contribution in [0.3, 0.4) is 0 Å². The second kappa shape index (κ2) is 4.98. The van der Waals surface area contributed by atoms with Crippen LogP contribution < -0.4 is 0 Å². The van der Waals surface area contributed by atoms with E-state index in [0.717, 1.165) is 5.56 Å². The summed E-state index contributed by atoms with van der Waals surface area (Å²) in [4.78, 5) is 11.8. The van der Waals surface area contributed by atoms with E-state index in [2.05, 4.69) is 0 Å². The lowest BCUT2D eigenvalue weighted by Gasteiger charge is -2.24. The van der Waals surface area contributed by atoms with E-state index in [4.69, 9.17) is 11.6 Å². The predicted octanol–water partition coefficient (Wildman–Crippen LogP) is 2.86. The number of carbonyl (C=O) groups excluding carboxylic acids is 1.